The molecule has 0 aliphatic heterocycles. The molecule has 21 heavy (non-hydrogen) atoms. The molecule has 1 aromatic carbocycles. The minimum atomic E-state index is -0.460. The number of nitriles is 1. The number of aliphatic hydroxyl groups is 1. The number of hydrogen-bond acceptors (Lipinski definition) is 3. The fourth-order valence-electron chi connectivity index (χ4n) is 2.20. The summed E-state index contributed by atoms with van der Waals surface area (Å²) in [5.41, 5.74) is 1.49. The van der Waals surface area contributed by atoms with E-state index in [1.807, 2.05) is 74.4 Å². The number of anilines is 1. The van der Waals surface area contributed by atoms with E-state index in [0.717, 1.165) is 18.5 Å². The molecule has 0 spiro atoms. The zero-order valence-corrected chi connectivity index (χ0v) is 13.0. The molecule has 0 saturated carbocycles. The van der Waals surface area contributed by atoms with Gasteiger partial charge in [-0.3, -0.25) is 0 Å². The molecule has 0 heterocycles. The lowest BCUT2D eigenvalue weighted by atomic mass is 9.96. The molecule has 0 fully saturated rings. The summed E-state index contributed by atoms with van der Waals surface area (Å²) in [7, 11) is 1.86. The topological polar surface area (TPSA) is 47.3 Å². The lowest BCUT2D eigenvalue weighted by Gasteiger charge is -2.21. The average Bonchev–Trinajstić information content (AvgIpc) is 2.51. The Morgan fingerprint density at radius 2 is 2.05 bits per heavy atom. The van der Waals surface area contributed by atoms with Gasteiger partial charge in [0, 0.05) is 18.7 Å². The molecule has 3 nitrogen and oxygen atoms in total. The van der Waals surface area contributed by atoms with Gasteiger partial charge in [0.15, 0.2) is 0 Å². The van der Waals surface area contributed by atoms with Crippen LogP contribution in [0, 0.1) is 17.2 Å². The number of rotatable bonds is 7. The minimum absolute atomic E-state index is 0.143. The Morgan fingerprint density at radius 3 is 2.57 bits per heavy atom. The Balaban J connectivity index is 3.02. The van der Waals surface area contributed by atoms with Crippen LogP contribution in [0.25, 0.3) is 0 Å². The second-order valence-corrected chi connectivity index (χ2v) is 5.02. The molecule has 112 valence electrons. The molecule has 0 aromatic heterocycles. The standard InChI is InChI=1S/C18H24N2O/c1-4-9-15(18(21)10-5-2)13-17(14-19)20(3)16-11-7-6-8-12-16/h4,6-9,11-13,15,18,21H,5,10H2,1-3H3/b9-4+,17-13+. The number of allylic oxidation sites excluding steroid dienone is 2. The van der Waals surface area contributed by atoms with E-state index in [1.54, 1.807) is 0 Å². The van der Waals surface area contributed by atoms with Gasteiger partial charge in [0.2, 0.25) is 0 Å². The van der Waals surface area contributed by atoms with Crippen LogP contribution in [0.3, 0.4) is 0 Å². The Bertz CT molecular complexity index is 514. The minimum Gasteiger partial charge on any atom is -0.392 e. The Hall–Kier alpha value is -2.05. The van der Waals surface area contributed by atoms with Crippen molar-refractivity contribution in [3.63, 3.8) is 0 Å². The van der Waals surface area contributed by atoms with Gasteiger partial charge in [0.05, 0.1) is 6.10 Å². The Morgan fingerprint density at radius 1 is 1.38 bits per heavy atom. The Kier molecular flexibility index (Phi) is 7.28. The first-order chi connectivity index (χ1) is 10.1. The molecule has 0 saturated heterocycles. The fraction of sp³-hybridized carbons (Fsp3) is 0.389. The van der Waals surface area contributed by atoms with Crippen molar-refractivity contribution >= 4 is 5.69 Å². The first-order valence-corrected chi connectivity index (χ1v) is 7.35. The third-order valence-corrected chi connectivity index (χ3v) is 3.41. The lowest BCUT2D eigenvalue weighted by Crippen LogP contribution is -2.21. The SMILES string of the molecule is C/C=C/C(/C=C(\C#N)N(C)c1ccccc1)C(O)CCC. The average molecular weight is 284 g/mol. The third-order valence-electron chi connectivity index (χ3n) is 3.41. The highest BCUT2D eigenvalue weighted by Crippen LogP contribution is 2.20. The van der Waals surface area contributed by atoms with Crippen LogP contribution in [-0.4, -0.2) is 18.3 Å². The summed E-state index contributed by atoms with van der Waals surface area (Å²) in [4.78, 5) is 1.84. The first-order valence-electron chi connectivity index (χ1n) is 7.35. The molecule has 0 bridgehead atoms. The van der Waals surface area contributed by atoms with E-state index < -0.39 is 6.10 Å². The van der Waals surface area contributed by atoms with Gasteiger partial charge in [0.25, 0.3) is 0 Å². The van der Waals surface area contributed by atoms with Gasteiger partial charge in [-0.15, -0.1) is 0 Å². The molecule has 0 amide bonds. The molecule has 0 radical (unpaired) electrons. The van der Waals surface area contributed by atoms with Crippen LogP contribution in [0.2, 0.25) is 0 Å². The largest absolute Gasteiger partial charge is 0.392 e. The van der Waals surface area contributed by atoms with Crippen LogP contribution in [0.1, 0.15) is 26.7 Å². The second kappa shape index (κ2) is 8.99. The van der Waals surface area contributed by atoms with Crippen molar-refractivity contribution in [2.75, 3.05) is 11.9 Å². The van der Waals surface area contributed by atoms with Crippen LogP contribution < -0.4 is 4.90 Å². The monoisotopic (exact) mass is 284 g/mol. The van der Waals surface area contributed by atoms with Crippen molar-refractivity contribution in [1.82, 2.24) is 0 Å². The van der Waals surface area contributed by atoms with Crippen molar-refractivity contribution in [3.8, 4) is 6.07 Å². The van der Waals surface area contributed by atoms with Gasteiger partial charge in [0.1, 0.15) is 11.8 Å². The highest BCUT2D eigenvalue weighted by atomic mass is 16.3. The number of aliphatic hydroxyl groups excluding tert-OH is 1. The van der Waals surface area contributed by atoms with E-state index >= 15 is 0 Å². The van der Waals surface area contributed by atoms with Gasteiger partial charge in [-0.05, 0) is 31.6 Å². The summed E-state index contributed by atoms with van der Waals surface area (Å²) >= 11 is 0. The quantitative estimate of drug-likeness (QED) is 0.610. The van der Waals surface area contributed by atoms with Crippen LogP contribution >= 0.6 is 0 Å². The van der Waals surface area contributed by atoms with Crippen LogP contribution in [-0.2, 0) is 0 Å². The molecule has 3 heteroatoms. The predicted molar refractivity (Wildman–Crippen MR) is 87.8 cm³/mol. The lowest BCUT2D eigenvalue weighted by molar-refractivity contribution is 0.138. The van der Waals surface area contributed by atoms with Crippen molar-refractivity contribution in [2.24, 2.45) is 5.92 Å². The zero-order valence-electron chi connectivity index (χ0n) is 13.0. The van der Waals surface area contributed by atoms with Crippen molar-refractivity contribution in [3.05, 3.63) is 54.3 Å². The molecule has 1 rings (SSSR count). The molecular formula is C18H24N2O. The van der Waals surface area contributed by atoms with Gasteiger partial charge < -0.3 is 10.0 Å². The second-order valence-electron chi connectivity index (χ2n) is 5.02. The zero-order chi connectivity index (χ0) is 15.7. The fourth-order valence-corrected chi connectivity index (χ4v) is 2.20. The smallest absolute Gasteiger partial charge is 0.117 e. The van der Waals surface area contributed by atoms with Crippen LogP contribution in [0.4, 0.5) is 5.69 Å². The molecule has 0 aliphatic carbocycles. The van der Waals surface area contributed by atoms with Gasteiger partial charge in [-0.2, -0.15) is 5.26 Å². The van der Waals surface area contributed by atoms with E-state index in [1.165, 1.54) is 0 Å². The third kappa shape index (κ3) is 5.09. The van der Waals surface area contributed by atoms with E-state index in [-0.39, 0.29) is 5.92 Å². The summed E-state index contributed by atoms with van der Waals surface area (Å²) in [6, 6.07) is 12.0. The molecule has 2 atom stereocenters. The molecular weight excluding hydrogens is 260 g/mol. The highest BCUT2D eigenvalue weighted by molar-refractivity contribution is 5.54. The number of hydrogen-bond donors (Lipinski definition) is 1. The summed E-state index contributed by atoms with van der Waals surface area (Å²) in [5, 5.41) is 19.6. The predicted octanol–water partition coefficient (Wildman–Crippen LogP) is 3.88. The van der Waals surface area contributed by atoms with Crippen molar-refractivity contribution in [1.29, 1.82) is 5.26 Å². The number of para-hydroxylation sites is 1. The van der Waals surface area contributed by atoms with Gasteiger partial charge in [-0.1, -0.05) is 43.7 Å². The summed E-state index contributed by atoms with van der Waals surface area (Å²) in [5.74, 6) is -0.143. The first kappa shape index (κ1) is 17.0. The van der Waals surface area contributed by atoms with Crippen molar-refractivity contribution < 1.29 is 5.11 Å². The molecule has 0 aliphatic rings. The maximum atomic E-state index is 10.2. The van der Waals surface area contributed by atoms with E-state index in [4.69, 9.17) is 0 Å². The van der Waals surface area contributed by atoms with Crippen LogP contribution in [0.15, 0.2) is 54.3 Å². The maximum Gasteiger partial charge on any atom is 0.117 e. The molecule has 1 N–H and O–H groups in total. The van der Waals surface area contributed by atoms with Gasteiger partial charge >= 0.3 is 0 Å². The maximum absolute atomic E-state index is 10.2. The number of nitrogens with zero attached hydrogens (tertiary/aromatic N) is 2. The summed E-state index contributed by atoms with van der Waals surface area (Å²) < 4.78 is 0. The van der Waals surface area contributed by atoms with Crippen molar-refractivity contribution in [2.45, 2.75) is 32.8 Å². The van der Waals surface area contributed by atoms with E-state index in [2.05, 4.69) is 6.07 Å². The Labute approximate surface area is 127 Å². The van der Waals surface area contributed by atoms with E-state index in [9.17, 15) is 10.4 Å². The van der Waals surface area contributed by atoms with Gasteiger partial charge in [-0.25, -0.2) is 0 Å². The summed E-state index contributed by atoms with van der Waals surface area (Å²) in [6.45, 7) is 3.97. The summed E-state index contributed by atoms with van der Waals surface area (Å²) in [6.07, 6.45) is 6.87. The van der Waals surface area contributed by atoms with E-state index in [0.29, 0.717) is 5.70 Å². The normalized spacial score (nSPS) is 14.7. The highest BCUT2D eigenvalue weighted by Gasteiger charge is 2.16. The van der Waals surface area contributed by atoms with Crippen LogP contribution in [0.5, 0.6) is 0 Å². The number of benzene rings is 1. The molecule has 2 unspecified atom stereocenters. The molecule has 1 aromatic rings.